The fraction of sp³-hybridized carbons (Fsp3) is 0.316. The van der Waals surface area contributed by atoms with Gasteiger partial charge < -0.3 is 5.32 Å². The minimum Gasteiger partial charge on any atom is -0.324 e. The van der Waals surface area contributed by atoms with Gasteiger partial charge in [-0.05, 0) is 37.1 Å². The standard InChI is InChI=1S/C19H18F3N3O2S/c1-3-13-9-14-17(28-13)23-10-25(18(14)27)15(4-2)16(26)24-12-7-5-6-11(8-12)19(20,21)22/h5-10,15H,3-4H2,1-2H3,(H,24,26). The predicted octanol–water partition coefficient (Wildman–Crippen LogP) is 4.63. The molecule has 148 valence electrons. The van der Waals surface area contributed by atoms with Crippen LogP contribution in [-0.4, -0.2) is 15.5 Å². The molecule has 0 aliphatic rings. The van der Waals surface area contributed by atoms with Crippen molar-refractivity contribution in [1.29, 1.82) is 0 Å². The molecule has 0 fully saturated rings. The molecule has 2 heterocycles. The molecular weight excluding hydrogens is 391 g/mol. The van der Waals surface area contributed by atoms with E-state index in [2.05, 4.69) is 10.3 Å². The topological polar surface area (TPSA) is 64.0 Å². The van der Waals surface area contributed by atoms with E-state index in [0.717, 1.165) is 23.4 Å². The summed E-state index contributed by atoms with van der Waals surface area (Å²) >= 11 is 1.42. The van der Waals surface area contributed by atoms with Crippen molar-refractivity contribution in [1.82, 2.24) is 9.55 Å². The molecule has 3 rings (SSSR count). The molecule has 0 spiro atoms. The number of hydrogen-bond acceptors (Lipinski definition) is 4. The summed E-state index contributed by atoms with van der Waals surface area (Å²) < 4.78 is 39.8. The number of carbonyl (C=O) groups is 1. The third-order valence-corrected chi connectivity index (χ3v) is 5.55. The number of hydrogen-bond donors (Lipinski definition) is 1. The number of nitrogens with one attached hydrogen (secondary N) is 1. The van der Waals surface area contributed by atoms with Crippen molar-refractivity contribution in [2.24, 2.45) is 0 Å². The second kappa shape index (κ2) is 7.75. The second-order valence-corrected chi connectivity index (χ2v) is 7.35. The lowest BCUT2D eigenvalue weighted by atomic mass is 10.1. The summed E-state index contributed by atoms with van der Waals surface area (Å²) in [4.78, 5) is 31.4. The van der Waals surface area contributed by atoms with Crippen LogP contribution in [0.25, 0.3) is 10.2 Å². The van der Waals surface area contributed by atoms with Gasteiger partial charge in [-0.2, -0.15) is 13.2 Å². The maximum atomic E-state index is 12.9. The van der Waals surface area contributed by atoms with E-state index < -0.39 is 23.7 Å². The van der Waals surface area contributed by atoms with Gasteiger partial charge in [0.2, 0.25) is 5.91 Å². The summed E-state index contributed by atoms with van der Waals surface area (Å²) in [5.74, 6) is -0.573. The first kappa shape index (κ1) is 20.1. The SMILES string of the molecule is CCc1cc2c(=O)n(C(CC)C(=O)Nc3cccc(C(F)(F)F)c3)cnc2s1. The van der Waals surface area contributed by atoms with Crippen LogP contribution >= 0.6 is 11.3 Å². The van der Waals surface area contributed by atoms with E-state index >= 15 is 0 Å². The average molecular weight is 409 g/mol. The van der Waals surface area contributed by atoms with E-state index in [1.54, 1.807) is 13.0 Å². The fourth-order valence-electron chi connectivity index (χ4n) is 2.89. The zero-order valence-electron chi connectivity index (χ0n) is 15.2. The number of amides is 1. The largest absolute Gasteiger partial charge is 0.416 e. The summed E-state index contributed by atoms with van der Waals surface area (Å²) in [5, 5.41) is 2.91. The molecule has 0 aliphatic heterocycles. The number of rotatable bonds is 5. The van der Waals surface area contributed by atoms with Gasteiger partial charge >= 0.3 is 6.18 Å². The lowest BCUT2D eigenvalue weighted by Gasteiger charge is -2.18. The fourth-order valence-corrected chi connectivity index (χ4v) is 3.82. The van der Waals surface area contributed by atoms with E-state index in [1.165, 1.54) is 34.4 Å². The van der Waals surface area contributed by atoms with Crippen molar-refractivity contribution in [3.63, 3.8) is 0 Å². The van der Waals surface area contributed by atoms with Gasteiger partial charge in [0.05, 0.1) is 17.3 Å². The number of halogens is 3. The number of aromatic nitrogens is 2. The van der Waals surface area contributed by atoms with Crippen LogP contribution < -0.4 is 10.9 Å². The summed E-state index contributed by atoms with van der Waals surface area (Å²) in [5.41, 5.74) is -1.18. The Morgan fingerprint density at radius 2 is 2.04 bits per heavy atom. The van der Waals surface area contributed by atoms with Crippen LogP contribution in [0.3, 0.4) is 0 Å². The summed E-state index contributed by atoms with van der Waals surface area (Å²) in [6.45, 7) is 3.69. The molecule has 0 aliphatic carbocycles. The average Bonchev–Trinajstić information content (AvgIpc) is 3.08. The molecule has 0 saturated carbocycles. The predicted molar refractivity (Wildman–Crippen MR) is 103 cm³/mol. The van der Waals surface area contributed by atoms with Gasteiger partial charge in [-0.25, -0.2) is 4.98 Å². The Morgan fingerprint density at radius 3 is 2.68 bits per heavy atom. The number of nitrogens with zero attached hydrogens (tertiary/aromatic N) is 2. The highest BCUT2D eigenvalue weighted by molar-refractivity contribution is 7.18. The van der Waals surface area contributed by atoms with Gasteiger partial charge in [-0.15, -0.1) is 11.3 Å². The zero-order valence-corrected chi connectivity index (χ0v) is 16.0. The van der Waals surface area contributed by atoms with Crippen molar-refractivity contribution in [2.45, 2.75) is 38.9 Å². The molecule has 2 aromatic heterocycles. The second-order valence-electron chi connectivity index (χ2n) is 6.23. The van der Waals surface area contributed by atoms with E-state index in [9.17, 15) is 22.8 Å². The van der Waals surface area contributed by atoms with E-state index in [1.807, 2.05) is 6.92 Å². The molecule has 1 atom stereocenters. The first-order chi connectivity index (χ1) is 13.2. The first-order valence-corrected chi connectivity index (χ1v) is 9.54. The smallest absolute Gasteiger partial charge is 0.324 e. The molecule has 3 aromatic rings. The normalized spacial score (nSPS) is 12.9. The van der Waals surface area contributed by atoms with Crippen LogP contribution in [0.2, 0.25) is 0 Å². The monoisotopic (exact) mass is 409 g/mol. The minimum absolute atomic E-state index is 0.0177. The maximum absolute atomic E-state index is 12.9. The number of benzene rings is 1. The molecule has 9 heteroatoms. The highest BCUT2D eigenvalue weighted by Crippen LogP contribution is 2.31. The molecule has 0 bridgehead atoms. The summed E-state index contributed by atoms with van der Waals surface area (Å²) in [7, 11) is 0. The molecule has 5 nitrogen and oxygen atoms in total. The number of thiophene rings is 1. The van der Waals surface area contributed by atoms with E-state index in [0.29, 0.717) is 10.2 Å². The molecule has 1 aromatic carbocycles. The molecule has 1 amide bonds. The third kappa shape index (κ3) is 3.94. The highest BCUT2D eigenvalue weighted by atomic mass is 32.1. The molecule has 28 heavy (non-hydrogen) atoms. The number of aryl methyl sites for hydroxylation is 1. The quantitative estimate of drug-likeness (QED) is 0.668. The molecule has 0 saturated heterocycles. The van der Waals surface area contributed by atoms with Crippen LogP contribution in [0.5, 0.6) is 0 Å². The zero-order chi connectivity index (χ0) is 20.5. The lowest BCUT2D eigenvalue weighted by molar-refractivity contribution is -0.137. The van der Waals surface area contributed by atoms with Crippen molar-refractivity contribution in [3.8, 4) is 0 Å². The van der Waals surface area contributed by atoms with Crippen molar-refractivity contribution >= 4 is 33.1 Å². The van der Waals surface area contributed by atoms with Gasteiger partial charge in [-0.3, -0.25) is 14.2 Å². The Bertz CT molecular complexity index is 1070. The lowest BCUT2D eigenvalue weighted by Crippen LogP contribution is -2.33. The highest BCUT2D eigenvalue weighted by Gasteiger charge is 2.31. The van der Waals surface area contributed by atoms with E-state index in [4.69, 9.17) is 0 Å². The summed E-state index contributed by atoms with van der Waals surface area (Å²) in [6, 6.07) is 5.26. The molecule has 1 unspecified atom stereocenters. The number of carbonyl (C=O) groups excluding carboxylic acids is 1. The van der Waals surface area contributed by atoms with Crippen LogP contribution in [0, 0.1) is 0 Å². The van der Waals surface area contributed by atoms with Crippen LogP contribution in [0.15, 0.2) is 41.5 Å². The van der Waals surface area contributed by atoms with Crippen LogP contribution in [-0.2, 0) is 17.4 Å². The van der Waals surface area contributed by atoms with Crippen molar-refractivity contribution in [2.75, 3.05) is 5.32 Å². The van der Waals surface area contributed by atoms with Crippen molar-refractivity contribution < 1.29 is 18.0 Å². The Kier molecular flexibility index (Phi) is 5.55. The Balaban J connectivity index is 1.91. The molecule has 0 radical (unpaired) electrons. The number of alkyl halides is 3. The maximum Gasteiger partial charge on any atom is 0.416 e. The third-order valence-electron chi connectivity index (χ3n) is 4.36. The minimum atomic E-state index is -4.51. The molecular formula is C19H18F3N3O2S. The van der Waals surface area contributed by atoms with Gasteiger partial charge in [0.15, 0.2) is 0 Å². The van der Waals surface area contributed by atoms with Crippen LogP contribution in [0.1, 0.15) is 36.8 Å². The Labute approximate surface area is 162 Å². The van der Waals surface area contributed by atoms with Gasteiger partial charge in [0, 0.05) is 10.6 Å². The molecule has 1 N–H and O–H groups in total. The number of fused-ring (bicyclic) bond motifs is 1. The number of anilines is 1. The van der Waals surface area contributed by atoms with Crippen molar-refractivity contribution in [3.05, 3.63) is 57.5 Å². The van der Waals surface area contributed by atoms with Crippen LogP contribution in [0.4, 0.5) is 18.9 Å². The Morgan fingerprint density at radius 1 is 1.29 bits per heavy atom. The Hall–Kier alpha value is -2.68. The van der Waals surface area contributed by atoms with Gasteiger partial charge in [-0.1, -0.05) is 19.9 Å². The first-order valence-electron chi connectivity index (χ1n) is 8.72. The summed E-state index contributed by atoms with van der Waals surface area (Å²) in [6.07, 6.45) is -2.14. The van der Waals surface area contributed by atoms with Gasteiger partial charge in [0.25, 0.3) is 5.56 Å². The van der Waals surface area contributed by atoms with Gasteiger partial charge in [0.1, 0.15) is 10.9 Å². The van der Waals surface area contributed by atoms with E-state index in [-0.39, 0.29) is 17.7 Å².